The molecule has 0 saturated carbocycles. The van der Waals surface area contributed by atoms with E-state index in [1.54, 1.807) is 12.3 Å². The molecule has 0 fully saturated rings. The predicted octanol–water partition coefficient (Wildman–Crippen LogP) is 2.10. The van der Waals surface area contributed by atoms with Crippen molar-refractivity contribution in [2.45, 2.75) is 6.92 Å². The maximum absolute atomic E-state index is 13.0. The molecule has 0 saturated heterocycles. The van der Waals surface area contributed by atoms with Gasteiger partial charge in [-0.2, -0.15) is 4.39 Å². The molecule has 0 aliphatic rings. The van der Waals surface area contributed by atoms with Crippen LogP contribution < -0.4 is 4.74 Å². The highest BCUT2D eigenvalue weighted by atomic mass is 19.1. The highest BCUT2D eigenvalue weighted by Gasteiger charge is 2.07. The molecular formula is C9H9FN2O. The largest absolute Gasteiger partial charge is 0.492 e. The lowest BCUT2D eigenvalue weighted by molar-refractivity contribution is 0.344. The number of hydrogen-bond acceptors (Lipinski definition) is 2. The minimum Gasteiger partial charge on any atom is -0.492 e. The SMILES string of the molecule is CCOc1c[nH]c2c(F)nccc12. The van der Waals surface area contributed by atoms with E-state index in [9.17, 15) is 4.39 Å². The summed E-state index contributed by atoms with van der Waals surface area (Å²) in [7, 11) is 0. The lowest BCUT2D eigenvalue weighted by Gasteiger charge is -1.98. The van der Waals surface area contributed by atoms with Gasteiger partial charge in [-0.3, -0.25) is 0 Å². The first kappa shape index (κ1) is 8.04. The zero-order valence-electron chi connectivity index (χ0n) is 7.17. The summed E-state index contributed by atoms with van der Waals surface area (Å²) in [6.07, 6.45) is 3.06. The standard InChI is InChI=1S/C9H9FN2O/c1-2-13-7-5-12-8-6(7)3-4-11-9(8)10/h3-5,12H,2H2,1H3. The number of nitrogens with one attached hydrogen (secondary N) is 1. The fourth-order valence-corrected chi connectivity index (χ4v) is 1.27. The van der Waals surface area contributed by atoms with Gasteiger partial charge in [-0.15, -0.1) is 0 Å². The molecule has 1 N–H and O–H groups in total. The normalized spacial score (nSPS) is 10.6. The number of fused-ring (bicyclic) bond motifs is 1. The Balaban J connectivity index is 2.61. The Kier molecular flexibility index (Phi) is 1.88. The van der Waals surface area contributed by atoms with Gasteiger partial charge < -0.3 is 9.72 Å². The van der Waals surface area contributed by atoms with Crippen LogP contribution in [0, 0.1) is 5.95 Å². The van der Waals surface area contributed by atoms with Crippen LogP contribution in [0.1, 0.15) is 6.92 Å². The van der Waals surface area contributed by atoms with E-state index < -0.39 is 5.95 Å². The van der Waals surface area contributed by atoms with Crippen LogP contribution in [-0.2, 0) is 0 Å². The third-order valence-electron chi connectivity index (χ3n) is 1.82. The van der Waals surface area contributed by atoms with Crippen LogP contribution >= 0.6 is 0 Å². The number of ether oxygens (including phenoxy) is 1. The average molecular weight is 180 g/mol. The predicted molar refractivity (Wildman–Crippen MR) is 47.2 cm³/mol. The summed E-state index contributed by atoms with van der Waals surface area (Å²) >= 11 is 0. The summed E-state index contributed by atoms with van der Waals surface area (Å²) in [6.45, 7) is 2.45. The quantitative estimate of drug-likeness (QED) is 0.718. The molecule has 3 nitrogen and oxygen atoms in total. The lowest BCUT2D eigenvalue weighted by Crippen LogP contribution is -1.89. The van der Waals surface area contributed by atoms with Gasteiger partial charge in [0, 0.05) is 17.8 Å². The molecule has 2 heterocycles. The van der Waals surface area contributed by atoms with E-state index >= 15 is 0 Å². The molecule has 4 heteroatoms. The summed E-state index contributed by atoms with van der Waals surface area (Å²) in [6, 6.07) is 1.72. The summed E-state index contributed by atoms with van der Waals surface area (Å²) in [5.74, 6) is 0.169. The van der Waals surface area contributed by atoms with Gasteiger partial charge in [0.1, 0.15) is 11.3 Å². The molecule has 13 heavy (non-hydrogen) atoms. The highest BCUT2D eigenvalue weighted by Crippen LogP contribution is 2.25. The lowest BCUT2D eigenvalue weighted by atomic mass is 10.3. The maximum atomic E-state index is 13.0. The second kappa shape index (κ2) is 3.05. The number of aromatic nitrogens is 2. The van der Waals surface area contributed by atoms with E-state index in [4.69, 9.17) is 4.74 Å². The van der Waals surface area contributed by atoms with E-state index in [-0.39, 0.29) is 0 Å². The molecular weight excluding hydrogens is 171 g/mol. The first-order valence-electron chi connectivity index (χ1n) is 4.07. The van der Waals surface area contributed by atoms with Gasteiger partial charge in [-0.1, -0.05) is 0 Å². The number of halogens is 1. The topological polar surface area (TPSA) is 37.9 Å². The smallest absolute Gasteiger partial charge is 0.237 e. The number of pyridine rings is 1. The van der Waals surface area contributed by atoms with Gasteiger partial charge in [0.05, 0.1) is 6.61 Å². The molecule has 0 radical (unpaired) electrons. The van der Waals surface area contributed by atoms with E-state index in [1.165, 1.54) is 6.20 Å². The molecule has 0 atom stereocenters. The highest BCUT2D eigenvalue weighted by molar-refractivity contribution is 5.85. The summed E-state index contributed by atoms with van der Waals surface area (Å²) in [5.41, 5.74) is 0.394. The Morgan fingerprint density at radius 1 is 1.62 bits per heavy atom. The van der Waals surface area contributed by atoms with Crippen LogP contribution in [0.3, 0.4) is 0 Å². The van der Waals surface area contributed by atoms with Crippen LogP contribution in [0.4, 0.5) is 4.39 Å². The van der Waals surface area contributed by atoms with Crippen LogP contribution in [0.5, 0.6) is 5.75 Å². The Bertz CT molecular complexity index is 424. The van der Waals surface area contributed by atoms with E-state index in [1.807, 2.05) is 6.92 Å². The van der Waals surface area contributed by atoms with Crippen LogP contribution in [-0.4, -0.2) is 16.6 Å². The third-order valence-corrected chi connectivity index (χ3v) is 1.82. The summed E-state index contributed by atoms with van der Waals surface area (Å²) in [5, 5.41) is 0.731. The van der Waals surface area contributed by atoms with Gasteiger partial charge in [0.25, 0.3) is 0 Å². The fourth-order valence-electron chi connectivity index (χ4n) is 1.27. The Morgan fingerprint density at radius 2 is 2.46 bits per heavy atom. The Labute approximate surface area is 74.6 Å². The van der Waals surface area contributed by atoms with Crippen LogP contribution in [0.15, 0.2) is 18.5 Å². The zero-order chi connectivity index (χ0) is 9.26. The number of H-pyrrole nitrogens is 1. The minimum atomic E-state index is -0.497. The van der Waals surface area contributed by atoms with Crippen molar-refractivity contribution in [3.8, 4) is 5.75 Å². The molecule has 0 unspecified atom stereocenters. The van der Waals surface area contributed by atoms with Crippen molar-refractivity contribution in [2.24, 2.45) is 0 Å². The molecule has 0 aliphatic carbocycles. The Morgan fingerprint density at radius 3 is 3.23 bits per heavy atom. The number of hydrogen-bond donors (Lipinski definition) is 1. The summed E-state index contributed by atoms with van der Waals surface area (Å²) in [4.78, 5) is 6.31. The molecule has 0 bridgehead atoms. The van der Waals surface area contributed by atoms with Crippen molar-refractivity contribution in [1.82, 2.24) is 9.97 Å². The second-order valence-electron chi connectivity index (χ2n) is 2.61. The molecule has 2 aromatic rings. The average Bonchev–Trinajstić information content (AvgIpc) is 2.51. The fraction of sp³-hybridized carbons (Fsp3) is 0.222. The van der Waals surface area contributed by atoms with Gasteiger partial charge in [-0.05, 0) is 13.0 Å². The van der Waals surface area contributed by atoms with E-state index in [2.05, 4.69) is 9.97 Å². The molecule has 0 aromatic carbocycles. The molecule has 2 rings (SSSR count). The monoisotopic (exact) mass is 180 g/mol. The van der Waals surface area contributed by atoms with Crippen molar-refractivity contribution in [3.05, 3.63) is 24.4 Å². The van der Waals surface area contributed by atoms with Crippen molar-refractivity contribution in [3.63, 3.8) is 0 Å². The third kappa shape index (κ3) is 1.24. The van der Waals surface area contributed by atoms with Gasteiger partial charge >= 0.3 is 0 Å². The van der Waals surface area contributed by atoms with Gasteiger partial charge in [0.15, 0.2) is 0 Å². The molecule has 0 amide bonds. The molecule has 68 valence electrons. The maximum Gasteiger partial charge on any atom is 0.237 e. The number of aromatic amines is 1. The van der Waals surface area contributed by atoms with Crippen molar-refractivity contribution >= 4 is 10.9 Å². The van der Waals surface area contributed by atoms with Crippen molar-refractivity contribution in [2.75, 3.05) is 6.61 Å². The van der Waals surface area contributed by atoms with Crippen LogP contribution in [0.2, 0.25) is 0 Å². The summed E-state index contributed by atoms with van der Waals surface area (Å²) < 4.78 is 18.3. The first-order chi connectivity index (χ1) is 6.33. The van der Waals surface area contributed by atoms with Gasteiger partial charge in [-0.25, -0.2) is 4.98 Å². The van der Waals surface area contributed by atoms with Crippen molar-refractivity contribution in [1.29, 1.82) is 0 Å². The first-order valence-corrected chi connectivity index (χ1v) is 4.07. The molecule has 0 spiro atoms. The molecule has 0 aliphatic heterocycles. The van der Waals surface area contributed by atoms with Crippen LogP contribution in [0.25, 0.3) is 10.9 Å². The second-order valence-corrected chi connectivity index (χ2v) is 2.61. The van der Waals surface area contributed by atoms with Crippen molar-refractivity contribution < 1.29 is 9.13 Å². The van der Waals surface area contributed by atoms with Gasteiger partial charge in [0.2, 0.25) is 5.95 Å². The zero-order valence-corrected chi connectivity index (χ0v) is 7.17. The molecule has 2 aromatic heterocycles. The number of nitrogens with zero attached hydrogens (tertiary/aromatic N) is 1. The Hall–Kier alpha value is -1.58. The minimum absolute atomic E-state index is 0.394. The van der Waals surface area contributed by atoms with E-state index in [0.29, 0.717) is 17.9 Å². The number of rotatable bonds is 2. The van der Waals surface area contributed by atoms with E-state index in [0.717, 1.165) is 5.39 Å².